The Hall–Kier alpha value is -1.26. The molecule has 5 heteroatoms. The van der Waals surface area contributed by atoms with E-state index >= 15 is 0 Å². The van der Waals surface area contributed by atoms with Crippen molar-refractivity contribution in [3.05, 3.63) is 0 Å². The molecule has 1 atom stereocenters. The summed E-state index contributed by atoms with van der Waals surface area (Å²) in [5, 5.41) is 5.92. The van der Waals surface area contributed by atoms with Gasteiger partial charge in [-0.15, -0.1) is 0 Å². The molecule has 2 amide bonds. The molecule has 0 radical (unpaired) electrons. The summed E-state index contributed by atoms with van der Waals surface area (Å²) >= 11 is 0. The number of hydrogen-bond acceptors (Lipinski definition) is 3. The number of ether oxygens (including phenoxy) is 1. The summed E-state index contributed by atoms with van der Waals surface area (Å²) in [6.07, 6.45) is 4.21. The minimum atomic E-state index is -0.492. The lowest BCUT2D eigenvalue weighted by atomic mass is 9.81. The second-order valence-electron chi connectivity index (χ2n) is 6.70. The summed E-state index contributed by atoms with van der Waals surface area (Å²) in [4.78, 5) is 23.4. The maximum absolute atomic E-state index is 12.0. The van der Waals surface area contributed by atoms with Crippen LogP contribution in [-0.4, -0.2) is 29.7 Å². The third-order valence-corrected chi connectivity index (χ3v) is 4.00. The first-order valence-electron chi connectivity index (χ1n) is 7.09. The molecule has 1 aliphatic carbocycles. The van der Waals surface area contributed by atoms with Crippen LogP contribution in [0, 0.1) is 5.92 Å². The molecular weight excluding hydrogens is 244 g/mol. The van der Waals surface area contributed by atoms with Gasteiger partial charge in [-0.05, 0) is 33.6 Å². The van der Waals surface area contributed by atoms with Gasteiger partial charge >= 0.3 is 6.09 Å². The Morgan fingerprint density at radius 1 is 1.37 bits per heavy atom. The number of carbonyl (C=O) groups excluding carboxylic acids is 2. The predicted molar refractivity (Wildman–Crippen MR) is 71.7 cm³/mol. The highest BCUT2D eigenvalue weighted by Crippen LogP contribution is 2.39. The van der Waals surface area contributed by atoms with Gasteiger partial charge in [-0.1, -0.05) is 12.8 Å². The zero-order chi connectivity index (χ0) is 14.1. The van der Waals surface area contributed by atoms with E-state index in [9.17, 15) is 9.59 Å². The number of alkyl carbamates (subject to hydrolysis) is 1. The third-order valence-electron chi connectivity index (χ3n) is 4.00. The van der Waals surface area contributed by atoms with Gasteiger partial charge in [-0.25, -0.2) is 4.79 Å². The van der Waals surface area contributed by atoms with Crippen LogP contribution in [0.15, 0.2) is 0 Å². The SMILES string of the molecule is CC(C)(C)OC(=O)NC1(C2CNC(=O)C2)CCCC1. The van der Waals surface area contributed by atoms with E-state index in [1.54, 1.807) is 0 Å². The van der Waals surface area contributed by atoms with E-state index in [-0.39, 0.29) is 23.5 Å². The average Bonchev–Trinajstić information content (AvgIpc) is 2.84. The molecular formula is C14H24N2O3. The Balaban J connectivity index is 2.03. The molecule has 0 bridgehead atoms. The fourth-order valence-electron chi connectivity index (χ4n) is 3.14. The molecule has 0 aromatic rings. The Bertz CT molecular complexity index is 367. The zero-order valence-electron chi connectivity index (χ0n) is 12.0. The first-order chi connectivity index (χ1) is 8.81. The molecule has 1 aliphatic heterocycles. The molecule has 1 heterocycles. The number of nitrogens with one attached hydrogen (secondary N) is 2. The predicted octanol–water partition coefficient (Wildman–Crippen LogP) is 1.96. The van der Waals surface area contributed by atoms with Gasteiger partial charge in [-0.2, -0.15) is 0 Å². The summed E-state index contributed by atoms with van der Waals surface area (Å²) in [5.74, 6) is 0.275. The van der Waals surface area contributed by atoms with E-state index in [1.165, 1.54) is 0 Å². The van der Waals surface area contributed by atoms with Crippen molar-refractivity contribution in [3.63, 3.8) is 0 Å². The van der Waals surface area contributed by atoms with Crippen LogP contribution in [-0.2, 0) is 9.53 Å². The Morgan fingerprint density at radius 2 is 2.00 bits per heavy atom. The van der Waals surface area contributed by atoms with Crippen LogP contribution in [0.2, 0.25) is 0 Å². The van der Waals surface area contributed by atoms with Crippen LogP contribution in [0.25, 0.3) is 0 Å². The van der Waals surface area contributed by atoms with Gasteiger partial charge in [0.2, 0.25) is 5.91 Å². The topological polar surface area (TPSA) is 67.4 Å². The van der Waals surface area contributed by atoms with Crippen LogP contribution >= 0.6 is 0 Å². The highest BCUT2D eigenvalue weighted by molar-refractivity contribution is 5.79. The molecule has 0 aromatic heterocycles. The lowest BCUT2D eigenvalue weighted by molar-refractivity contribution is -0.119. The minimum Gasteiger partial charge on any atom is -0.444 e. The highest BCUT2D eigenvalue weighted by Gasteiger charge is 2.46. The van der Waals surface area contributed by atoms with Gasteiger partial charge in [0.25, 0.3) is 0 Å². The second kappa shape index (κ2) is 5.02. The second-order valence-corrected chi connectivity index (χ2v) is 6.70. The molecule has 2 rings (SSSR count). The summed E-state index contributed by atoms with van der Waals surface area (Å²) in [7, 11) is 0. The molecule has 2 aliphatic rings. The number of rotatable bonds is 2. The lowest BCUT2D eigenvalue weighted by Gasteiger charge is -2.36. The fourth-order valence-corrected chi connectivity index (χ4v) is 3.14. The highest BCUT2D eigenvalue weighted by atomic mass is 16.6. The van der Waals surface area contributed by atoms with Crippen LogP contribution in [0.1, 0.15) is 52.9 Å². The number of amides is 2. The monoisotopic (exact) mass is 268 g/mol. The molecule has 2 fully saturated rings. The lowest BCUT2D eigenvalue weighted by Crippen LogP contribution is -2.53. The van der Waals surface area contributed by atoms with Crippen molar-refractivity contribution in [2.75, 3.05) is 6.54 Å². The molecule has 1 saturated heterocycles. The van der Waals surface area contributed by atoms with Gasteiger partial charge in [0, 0.05) is 24.4 Å². The Labute approximate surface area is 114 Å². The van der Waals surface area contributed by atoms with Gasteiger partial charge in [0.15, 0.2) is 0 Å². The van der Waals surface area contributed by atoms with E-state index < -0.39 is 5.60 Å². The normalized spacial score (nSPS) is 26.1. The van der Waals surface area contributed by atoms with Crippen molar-refractivity contribution in [3.8, 4) is 0 Å². The van der Waals surface area contributed by atoms with Gasteiger partial charge in [-0.3, -0.25) is 4.79 Å². The number of carbonyl (C=O) groups is 2. The van der Waals surface area contributed by atoms with Crippen LogP contribution in [0.4, 0.5) is 4.79 Å². The Morgan fingerprint density at radius 3 is 2.47 bits per heavy atom. The third kappa shape index (κ3) is 3.39. The molecule has 2 N–H and O–H groups in total. The van der Waals surface area contributed by atoms with E-state index in [0.717, 1.165) is 25.7 Å². The molecule has 0 aromatic carbocycles. The van der Waals surface area contributed by atoms with Gasteiger partial charge in [0.05, 0.1) is 0 Å². The van der Waals surface area contributed by atoms with Gasteiger partial charge < -0.3 is 15.4 Å². The first kappa shape index (κ1) is 14.2. The van der Waals surface area contributed by atoms with Crippen LogP contribution in [0.5, 0.6) is 0 Å². The maximum atomic E-state index is 12.0. The van der Waals surface area contributed by atoms with Crippen LogP contribution < -0.4 is 10.6 Å². The summed E-state index contributed by atoms with van der Waals surface area (Å²) in [6, 6.07) is 0. The Kier molecular flexibility index (Phi) is 3.74. The molecule has 19 heavy (non-hydrogen) atoms. The van der Waals surface area contributed by atoms with Crippen molar-refractivity contribution >= 4 is 12.0 Å². The number of hydrogen-bond donors (Lipinski definition) is 2. The largest absolute Gasteiger partial charge is 0.444 e. The van der Waals surface area contributed by atoms with Gasteiger partial charge in [0.1, 0.15) is 5.60 Å². The van der Waals surface area contributed by atoms with Crippen LogP contribution in [0.3, 0.4) is 0 Å². The summed E-state index contributed by atoms with van der Waals surface area (Å²) in [5.41, 5.74) is -0.755. The van der Waals surface area contributed by atoms with Crippen molar-refractivity contribution in [2.45, 2.75) is 64.0 Å². The van der Waals surface area contributed by atoms with Crippen molar-refractivity contribution in [1.82, 2.24) is 10.6 Å². The van der Waals surface area contributed by atoms with E-state index in [0.29, 0.717) is 13.0 Å². The quantitative estimate of drug-likeness (QED) is 0.804. The smallest absolute Gasteiger partial charge is 0.408 e. The van der Waals surface area contributed by atoms with E-state index in [1.807, 2.05) is 20.8 Å². The summed E-state index contributed by atoms with van der Waals surface area (Å²) in [6.45, 7) is 6.23. The molecule has 108 valence electrons. The zero-order valence-corrected chi connectivity index (χ0v) is 12.0. The standard InChI is InChI=1S/C14H24N2O3/c1-13(2,3)19-12(18)16-14(6-4-5-7-14)10-8-11(17)15-9-10/h10H,4-9H2,1-3H3,(H,15,17)(H,16,18). The van der Waals surface area contributed by atoms with Crippen molar-refractivity contribution in [1.29, 1.82) is 0 Å². The first-order valence-corrected chi connectivity index (χ1v) is 7.09. The van der Waals surface area contributed by atoms with E-state index in [4.69, 9.17) is 4.74 Å². The minimum absolute atomic E-state index is 0.0854. The molecule has 5 nitrogen and oxygen atoms in total. The summed E-state index contributed by atoms with van der Waals surface area (Å²) < 4.78 is 5.36. The fraction of sp³-hybridized carbons (Fsp3) is 0.857. The molecule has 1 saturated carbocycles. The molecule has 0 spiro atoms. The maximum Gasteiger partial charge on any atom is 0.408 e. The molecule has 1 unspecified atom stereocenters. The average molecular weight is 268 g/mol. The van der Waals surface area contributed by atoms with Crippen molar-refractivity contribution < 1.29 is 14.3 Å². The van der Waals surface area contributed by atoms with E-state index in [2.05, 4.69) is 10.6 Å². The van der Waals surface area contributed by atoms with Crippen molar-refractivity contribution in [2.24, 2.45) is 5.92 Å².